The Morgan fingerprint density at radius 2 is 1.74 bits per heavy atom. The fraction of sp³-hybridized carbons (Fsp3) is 0.0667. The monoisotopic (exact) mass is 341 g/mol. The normalized spacial score (nSPS) is 15.3. The second kappa shape index (κ2) is 5.31. The van der Waals surface area contributed by atoms with Crippen molar-refractivity contribution in [3.8, 4) is 5.75 Å². The number of fused-ring (bicyclic) bond motifs is 1. The number of halogens is 3. The van der Waals surface area contributed by atoms with Crippen LogP contribution in [0.3, 0.4) is 0 Å². The molecule has 0 aromatic heterocycles. The molecule has 0 aliphatic carbocycles. The van der Waals surface area contributed by atoms with Crippen LogP contribution < -0.4 is 10.1 Å². The van der Waals surface area contributed by atoms with Crippen LogP contribution in [0.1, 0.15) is 5.56 Å². The van der Waals surface area contributed by atoms with Crippen LogP contribution in [0.25, 0.3) is 6.08 Å². The number of sulfone groups is 1. The van der Waals surface area contributed by atoms with E-state index in [0.29, 0.717) is 16.9 Å². The number of alkyl halides is 3. The van der Waals surface area contributed by atoms with Gasteiger partial charge in [-0.1, -0.05) is 12.1 Å². The Kier molecular flexibility index (Phi) is 3.56. The molecule has 0 saturated carbocycles. The molecule has 1 aliphatic rings. The molecule has 0 radical (unpaired) electrons. The van der Waals surface area contributed by atoms with Crippen LogP contribution in [-0.2, 0) is 9.84 Å². The molecule has 23 heavy (non-hydrogen) atoms. The van der Waals surface area contributed by atoms with E-state index in [9.17, 15) is 21.6 Å². The number of nitrogens with one attached hydrogen (secondary N) is 1. The van der Waals surface area contributed by atoms with Gasteiger partial charge in [0.25, 0.3) is 0 Å². The average Bonchev–Trinajstić information content (AvgIpc) is 2.73. The minimum Gasteiger partial charge on any atom is -0.406 e. The molecule has 1 aliphatic heterocycles. The third kappa shape index (κ3) is 3.48. The van der Waals surface area contributed by atoms with E-state index in [1.165, 1.54) is 30.3 Å². The van der Waals surface area contributed by atoms with Crippen molar-refractivity contribution in [3.63, 3.8) is 0 Å². The first-order valence-electron chi connectivity index (χ1n) is 6.43. The molecule has 0 atom stereocenters. The van der Waals surface area contributed by atoms with Gasteiger partial charge in [0.05, 0.1) is 4.90 Å². The minimum absolute atomic E-state index is 0.158. The van der Waals surface area contributed by atoms with E-state index in [1.54, 1.807) is 18.2 Å². The van der Waals surface area contributed by atoms with Crippen molar-refractivity contribution in [1.82, 2.24) is 0 Å². The molecule has 0 fully saturated rings. The first kappa shape index (κ1) is 15.4. The third-order valence-electron chi connectivity index (χ3n) is 3.10. The van der Waals surface area contributed by atoms with Gasteiger partial charge in [-0.3, -0.25) is 0 Å². The van der Waals surface area contributed by atoms with Crippen molar-refractivity contribution in [2.24, 2.45) is 0 Å². The average molecular weight is 341 g/mol. The molecule has 0 saturated heterocycles. The van der Waals surface area contributed by atoms with Gasteiger partial charge in [0.15, 0.2) is 0 Å². The Balaban J connectivity index is 1.85. The van der Waals surface area contributed by atoms with Gasteiger partial charge in [0.1, 0.15) is 5.75 Å². The smallest absolute Gasteiger partial charge is 0.406 e. The van der Waals surface area contributed by atoms with Crippen molar-refractivity contribution in [2.75, 3.05) is 5.32 Å². The summed E-state index contributed by atoms with van der Waals surface area (Å²) in [6.45, 7) is 0. The predicted octanol–water partition coefficient (Wildman–Crippen LogP) is 4.09. The second-order valence-electron chi connectivity index (χ2n) is 4.80. The summed E-state index contributed by atoms with van der Waals surface area (Å²) in [5.74, 6) is -0.363. The van der Waals surface area contributed by atoms with Crippen molar-refractivity contribution >= 4 is 27.3 Å². The fourth-order valence-electron chi connectivity index (χ4n) is 2.17. The van der Waals surface area contributed by atoms with Crippen molar-refractivity contribution in [1.29, 1.82) is 0 Å². The highest BCUT2D eigenvalue weighted by molar-refractivity contribution is 7.94. The van der Waals surface area contributed by atoms with Crippen LogP contribution in [0, 0.1) is 0 Å². The second-order valence-corrected chi connectivity index (χ2v) is 6.60. The molecular weight excluding hydrogens is 331 g/mol. The Labute approximate surface area is 130 Å². The van der Waals surface area contributed by atoms with Gasteiger partial charge in [-0.2, -0.15) is 0 Å². The maximum absolute atomic E-state index is 12.2. The zero-order valence-electron chi connectivity index (χ0n) is 11.5. The number of hydrogen-bond donors (Lipinski definition) is 1. The van der Waals surface area contributed by atoms with E-state index in [0.717, 1.165) is 5.41 Å². The minimum atomic E-state index is -4.77. The Morgan fingerprint density at radius 1 is 1.00 bits per heavy atom. The van der Waals surface area contributed by atoms with Gasteiger partial charge in [0.2, 0.25) is 9.84 Å². The molecular formula is C15H10F3NO3S. The lowest BCUT2D eigenvalue weighted by atomic mass is 10.2. The van der Waals surface area contributed by atoms with E-state index in [4.69, 9.17) is 0 Å². The summed E-state index contributed by atoms with van der Waals surface area (Å²) < 4.78 is 64.1. The topological polar surface area (TPSA) is 55.4 Å². The van der Waals surface area contributed by atoms with Gasteiger partial charge in [-0.15, -0.1) is 13.2 Å². The molecule has 0 amide bonds. The maximum atomic E-state index is 12.2. The van der Waals surface area contributed by atoms with Crippen molar-refractivity contribution < 1.29 is 26.3 Å². The van der Waals surface area contributed by atoms with E-state index >= 15 is 0 Å². The lowest BCUT2D eigenvalue weighted by Gasteiger charge is -2.12. The van der Waals surface area contributed by atoms with Gasteiger partial charge >= 0.3 is 6.36 Å². The van der Waals surface area contributed by atoms with E-state index in [2.05, 4.69) is 10.1 Å². The Bertz CT molecular complexity index is 889. The standard InChI is InChI=1S/C15H10F3NO3S/c16-15(17,18)22-13-3-1-2-11(8-13)19-12-5-4-10-6-7-23(20,21)14(10)9-12/h1-9,19H. The van der Waals surface area contributed by atoms with Crippen LogP contribution >= 0.6 is 0 Å². The quantitative estimate of drug-likeness (QED) is 0.914. The Hall–Kier alpha value is -2.48. The molecule has 0 bridgehead atoms. The zero-order valence-corrected chi connectivity index (χ0v) is 12.3. The third-order valence-corrected chi connectivity index (χ3v) is 4.56. The summed E-state index contributed by atoms with van der Waals surface area (Å²) in [6.07, 6.45) is -3.28. The summed E-state index contributed by atoms with van der Waals surface area (Å²) in [5, 5.41) is 3.97. The molecule has 4 nitrogen and oxygen atoms in total. The maximum Gasteiger partial charge on any atom is 0.573 e. The van der Waals surface area contributed by atoms with Crippen LogP contribution in [0.5, 0.6) is 5.75 Å². The number of anilines is 2. The van der Waals surface area contributed by atoms with Gasteiger partial charge < -0.3 is 10.1 Å². The largest absolute Gasteiger partial charge is 0.573 e. The highest BCUT2D eigenvalue weighted by atomic mass is 32.2. The van der Waals surface area contributed by atoms with E-state index in [-0.39, 0.29) is 10.6 Å². The van der Waals surface area contributed by atoms with E-state index in [1.807, 2.05) is 0 Å². The predicted molar refractivity (Wildman–Crippen MR) is 79.1 cm³/mol. The van der Waals surface area contributed by atoms with Crippen LogP contribution in [0.2, 0.25) is 0 Å². The van der Waals surface area contributed by atoms with E-state index < -0.39 is 16.2 Å². The number of rotatable bonds is 3. The molecule has 0 spiro atoms. The lowest BCUT2D eigenvalue weighted by Crippen LogP contribution is -2.17. The number of hydrogen-bond acceptors (Lipinski definition) is 4. The Morgan fingerprint density at radius 3 is 2.48 bits per heavy atom. The van der Waals surface area contributed by atoms with Crippen LogP contribution in [0.4, 0.5) is 24.5 Å². The van der Waals surface area contributed by atoms with Gasteiger partial charge in [0, 0.05) is 22.8 Å². The molecule has 2 aromatic carbocycles. The number of ether oxygens (including phenoxy) is 1. The first-order chi connectivity index (χ1) is 10.7. The first-order valence-corrected chi connectivity index (χ1v) is 7.98. The van der Waals surface area contributed by atoms with Crippen molar-refractivity contribution in [2.45, 2.75) is 11.3 Å². The molecule has 2 aromatic rings. The molecule has 8 heteroatoms. The molecule has 0 unspecified atom stereocenters. The summed E-state index contributed by atoms with van der Waals surface area (Å²) >= 11 is 0. The summed E-state index contributed by atoms with van der Waals surface area (Å²) in [6, 6.07) is 9.99. The lowest BCUT2D eigenvalue weighted by molar-refractivity contribution is -0.274. The molecule has 1 heterocycles. The highest BCUT2D eigenvalue weighted by Gasteiger charge is 2.31. The molecule has 120 valence electrons. The summed E-state index contributed by atoms with van der Waals surface area (Å²) in [5.41, 5.74) is 1.36. The SMILES string of the molecule is O=S1(=O)C=Cc2ccc(Nc3cccc(OC(F)(F)F)c3)cc21. The van der Waals surface area contributed by atoms with Crippen LogP contribution in [0.15, 0.2) is 52.8 Å². The number of benzene rings is 2. The zero-order chi connectivity index (χ0) is 16.7. The van der Waals surface area contributed by atoms with Crippen molar-refractivity contribution in [3.05, 3.63) is 53.4 Å². The van der Waals surface area contributed by atoms with Gasteiger partial charge in [-0.25, -0.2) is 8.42 Å². The molecule has 3 rings (SSSR count). The highest BCUT2D eigenvalue weighted by Crippen LogP contribution is 2.31. The summed E-state index contributed by atoms with van der Waals surface area (Å²) in [7, 11) is -3.45. The van der Waals surface area contributed by atoms with Gasteiger partial charge in [-0.05, 0) is 35.9 Å². The summed E-state index contributed by atoms with van der Waals surface area (Å²) in [4.78, 5) is 0.158. The van der Waals surface area contributed by atoms with Crippen LogP contribution in [-0.4, -0.2) is 14.8 Å². The molecule has 1 N–H and O–H groups in total. The fourth-order valence-corrected chi connectivity index (χ4v) is 3.40.